The molecule has 0 aromatic heterocycles. The van der Waals surface area contributed by atoms with Gasteiger partial charge in [-0.25, -0.2) is 4.79 Å². The van der Waals surface area contributed by atoms with E-state index >= 15 is 0 Å². The number of benzene rings is 2. The van der Waals surface area contributed by atoms with Gasteiger partial charge in [-0.15, -0.1) is 0 Å². The number of esters is 1. The number of carbonyl (C=O) groups excluding carboxylic acids is 3. The Labute approximate surface area is 163 Å². The summed E-state index contributed by atoms with van der Waals surface area (Å²) < 4.78 is 48.7. The fourth-order valence-electron chi connectivity index (χ4n) is 2.39. The van der Waals surface area contributed by atoms with Gasteiger partial charge in [-0.2, -0.15) is 13.2 Å². The van der Waals surface area contributed by atoms with Crippen molar-refractivity contribution in [1.82, 2.24) is 0 Å². The van der Waals surface area contributed by atoms with Crippen molar-refractivity contribution in [3.63, 3.8) is 0 Å². The fourth-order valence-corrected chi connectivity index (χ4v) is 2.39. The minimum absolute atomic E-state index is 0.176. The molecule has 0 aliphatic heterocycles. The largest absolute Gasteiger partial charge is 0.495 e. The Morgan fingerprint density at radius 2 is 1.72 bits per heavy atom. The van der Waals surface area contributed by atoms with Crippen LogP contribution in [0, 0.1) is 0 Å². The minimum Gasteiger partial charge on any atom is -0.495 e. The molecule has 2 N–H and O–H groups in total. The van der Waals surface area contributed by atoms with Gasteiger partial charge in [-0.1, -0.05) is 12.1 Å². The zero-order valence-corrected chi connectivity index (χ0v) is 15.4. The summed E-state index contributed by atoms with van der Waals surface area (Å²) in [5.41, 5.74) is -1.30. The fraction of sp³-hybridized carbons (Fsp3) is 0.211. The Bertz CT molecular complexity index is 928. The molecule has 0 saturated heterocycles. The van der Waals surface area contributed by atoms with Crippen molar-refractivity contribution in [2.75, 3.05) is 24.4 Å². The third-order valence-electron chi connectivity index (χ3n) is 3.58. The summed E-state index contributed by atoms with van der Waals surface area (Å²) in [5.74, 6) is -2.15. The summed E-state index contributed by atoms with van der Waals surface area (Å²) in [5, 5.41) is 4.94. The van der Waals surface area contributed by atoms with Crippen molar-refractivity contribution < 1.29 is 37.0 Å². The number of hydrogen-bond acceptors (Lipinski definition) is 5. The molecule has 0 heterocycles. The van der Waals surface area contributed by atoms with E-state index in [9.17, 15) is 27.6 Å². The molecule has 0 bridgehead atoms. The third-order valence-corrected chi connectivity index (χ3v) is 3.58. The molecular weight excluding hydrogens is 393 g/mol. The first-order valence-electron chi connectivity index (χ1n) is 8.20. The summed E-state index contributed by atoms with van der Waals surface area (Å²) in [6, 6.07) is 8.55. The minimum atomic E-state index is -4.74. The molecule has 10 heteroatoms. The van der Waals surface area contributed by atoms with Crippen molar-refractivity contribution in [3.05, 3.63) is 53.6 Å². The van der Waals surface area contributed by atoms with E-state index in [1.807, 2.05) is 0 Å². The van der Waals surface area contributed by atoms with Crippen LogP contribution in [0.25, 0.3) is 0 Å². The van der Waals surface area contributed by atoms with Crippen LogP contribution in [0.1, 0.15) is 22.8 Å². The van der Waals surface area contributed by atoms with Crippen molar-refractivity contribution >= 4 is 29.2 Å². The van der Waals surface area contributed by atoms with Crippen LogP contribution in [0.5, 0.6) is 5.75 Å². The zero-order chi connectivity index (χ0) is 21.6. The first-order chi connectivity index (χ1) is 13.6. The maximum absolute atomic E-state index is 13.0. The van der Waals surface area contributed by atoms with Gasteiger partial charge in [-0.3, -0.25) is 9.59 Å². The lowest BCUT2D eigenvalue weighted by molar-refractivity contribution is -0.138. The van der Waals surface area contributed by atoms with Crippen LogP contribution >= 0.6 is 0 Å². The van der Waals surface area contributed by atoms with E-state index in [0.29, 0.717) is 5.69 Å². The van der Waals surface area contributed by atoms with Gasteiger partial charge in [0.2, 0.25) is 5.91 Å². The standard InChI is InChI=1S/C19H17F3N2O5/c1-11(25)23-12-7-8-16(28-2)15(9-12)24-17(26)10-29-18(27)13-5-3-4-6-14(13)19(20,21)22/h3-9H,10H2,1-2H3,(H,23,25)(H,24,26). The van der Waals surface area contributed by atoms with Crippen LogP contribution in [-0.2, 0) is 20.5 Å². The SMILES string of the molecule is COc1ccc(NC(C)=O)cc1NC(=O)COC(=O)c1ccccc1C(F)(F)F. The predicted molar refractivity (Wildman–Crippen MR) is 97.7 cm³/mol. The van der Waals surface area contributed by atoms with Gasteiger partial charge >= 0.3 is 12.1 Å². The van der Waals surface area contributed by atoms with Crippen molar-refractivity contribution in [2.45, 2.75) is 13.1 Å². The molecule has 0 atom stereocenters. The maximum Gasteiger partial charge on any atom is 0.417 e. The molecule has 0 unspecified atom stereocenters. The first-order valence-corrected chi connectivity index (χ1v) is 8.20. The highest BCUT2D eigenvalue weighted by molar-refractivity contribution is 5.98. The third kappa shape index (κ3) is 5.96. The summed E-state index contributed by atoms with van der Waals surface area (Å²) in [4.78, 5) is 35.2. The van der Waals surface area contributed by atoms with Gasteiger partial charge in [0.05, 0.1) is 23.9 Å². The molecular formula is C19H17F3N2O5. The number of nitrogens with one attached hydrogen (secondary N) is 2. The van der Waals surface area contributed by atoms with Gasteiger partial charge in [0, 0.05) is 12.6 Å². The van der Waals surface area contributed by atoms with Crippen molar-refractivity contribution in [3.8, 4) is 5.75 Å². The monoisotopic (exact) mass is 410 g/mol. The Morgan fingerprint density at radius 1 is 1.03 bits per heavy atom. The number of rotatable bonds is 6. The number of ether oxygens (including phenoxy) is 2. The Balaban J connectivity index is 2.07. The summed E-state index contributed by atoms with van der Waals surface area (Å²) in [6.45, 7) is 0.485. The Morgan fingerprint density at radius 3 is 2.34 bits per heavy atom. The highest BCUT2D eigenvalue weighted by Crippen LogP contribution is 2.32. The van der Waals surface area contributed by atoms with Crippen LogP contribution in [0.3, 0.4) is 0 Å². The smallest absolute Gasteiger partial charge is 0.417 e. The molecule has 0 aliphatic rings. The topological polar surface area (TPSA) is 93.7 Å². The van der Waals surface area contributed by atoms with Gasteiger partial charge < -0.3 is 20.1 Å². The van der Waals surface area contributed by atoms with Crippen molar-refractivity contribution in [2.24, 2.45) is 0 Å². The van der Waals surface area contributed by atoms with E-state index in [1.165, 1.54) is 32.2 Å². The molecule has 2 aromatic rings. The summed E-state index contributed by atoms with van der Waals surface area (Å²) in [7, 11) is 1.36. The second-order valence-corrected chi connectivity index (χ2v) is 5.76. The van der Waals surface area contributed by atoms with E-state index < -0.39 is 35.8 Å². The molecule has 154 valence electrons. The lowest BCUT2D eigenvalue weighted by Gasteiger charge is -2.14. The molecule has 2 amide bonds. The number of anilines is 2. The van der Waals surface area contributed by atoms with Crippen LogP contribution in [0.15, 0.2) is 42.5 Å². The lowest BCUT2D eigenvalue weighted by atomic mass is 10.1. The molecule has 2 rings (SSSR count). The van der Waals surface area contributed by atoms with E-state index in [1.54, 1.807) is 6.07 Å². The number of amides is 2. The van der Waals surface area contributed by atoms with Gasteiger partial charge in [0.15, 0.2) is 6.61 Å². The number of methoxy groups -OCH3 is 1. The maximum atomic E-state index is 13.0. The van der Waals surface area contributed by atoms with Crippen LogP contribution in [-0.4, -0.2) is 31.5 Å². The quantitative estimate of drug-likeness (QED) is 0.712. The van der Waals surface area contributed by atoms with Gasteiger partial charge in [-0.05, 0) is 30.3 Å². The molecule has 0 aliphatic carbocycles. The van der Waals surface area contributed by atoms with Crippen LogP contribution < -0.4 is 15.4 Å². The number of hydrogen-bond donors (Lipinski definition) is 2. The van der Waals surface area contributed by atoms with Gasteiger partial charge in [0.1, 0.15) is 5.75 Å². The van der Waals surface area contributed by atoms with Gasteiger partial charge in [0.25, 0.3) is 5.91 Å². The number of halogens is 3. The first kappa shape index (κ1) is 21.7. The van der Waals surface area contributed by atoms with Crippen LogP contribution in [0.2, 0.25) is 0 Å². The molecule has 0 radical (unpaired) electrons. The predicted octanol–water partition coefficient (Wildman–Crippen LogP) is 3.47. The lowest BCUT2D eigenvalue weighted by Crippen LogP contribution is -2.22. The average Bonchev–Trinajstić information content (AvgIpc) is 2.65. The van der Waals surface area contributed by atoms with Crippen LogP contribution in [0.4, 0.5) is 24.5 Å². The number of alkyl halides is 3. The molecule has 0 saturated carbocycles. The zero-order valence-electron chi connectivity index (χ0n) is 15.4. The van der Waals surface area contributed by atoms with E-state index in [2.05, 4.69) is 10.6 Å². The summed E-state index contributed by atoms with van der Waals surface area (Å²) >= 11 is 0. The van der Waals surface area contributed by atoms with E-state index in [4.69, 9.17) is 9.47 Å². The highest BCUT2D eigenvalue weighted by Gasteiger charge is 2.35. The average molecular weight is 410 g/mol. The molecule has 7 nitrogen and oxygen atoms in total. The highest BCUT2D eigenvalue weighted by atomic mass is 19.4. The molecule has 0 spiro atoms. The molecule has 29 heavy (non-hydrogen) atoms. The number of carbonyl (C=O) groups is 3. The second-order valence-electron chi connectivity index (χ2n) is 5.76. The Hall–Kier alpha value is -3.56. The molecule has 0 fully saturated rings. The Kier molecular flexibility index (Phi) is 6.81. The normalized spacial score (nSPS) is 10.8. The molecule has 2 aromatic carbocycles. The van der Waals surface area contributed by atoms with E-state index in [-0.39, 0.29) is 17.3 Å². The van der Waals surface area contributed by atoms with Crippen molar-refractivity contribution in [1.29, 1.82) is 0 Å². The second kappa shape index (κ2) is 9.09. The summed E-state index contributed by atoms with van der Waals surface area (Å²) in [6.07, 6.45) is -4.74. The van der Waals surface area contributed by atoms with E-state index in [0.717, 1.165) is 18.2 Å².